The molecule has 0 saturated carbocycles. The van der Waals surface area contributed by atoms with Crippen molar-refractivity contribution in [1.82, 2.24) is 10.2 Å². The van der Waals surface area contributed by atoms with Crippen molar-refractivity contribution in [3.63, 3.8) is 0 Å². The molecule has 1 amide bonds. The Labute approximate surface area is 144 Å². The largest absolute Gasteiger partial charge is 0.390 e. The van der Waals surface area contributed by atoms with Crippen molar-refractivity contribution in [3.05, 3.63) is 0 Å². The van der Waals surface area contributed by atoms with E-state index in [1.807, 2.05) is 39.5 Å². The van der Waals surface area contributed by atoms with Crippen molar-refractivity contribution < 1.29 is 9.90 Å². The molecule has 0 spiro atoms. The number of thioether (sulfide) groups is 1. The van der Waals surface area contributed by atoms with Crippen LogP contribution in [0.5, 0.6) is 0 Å². The number of hydrogen-bond donors (Lipinski definition) is 3. The summed E-state index contributed by atoms with van der Waals surface area (Å²) in [6, 6.07) is -0.378. The Kier molecular flexibility index (Phi) is 6.39. The van der Waals surface area contributed by atoms with Gasteiger partial charge in [0.05, 0.1) is 12.1 Å². The molecule has 2 unspecified atom stereocenters. The minimum Gasteiger partial charge on any atom is -0.390 e. The number of hydrogen-bond acceptors (Lipinski definition) is 5. The summed E-state index contributed by atoms with van der Waals surface area (Å²) < 4.78 is 0. The zero-order chi connectivity index (χ0) is 17.2. The Morgan fingerprint density at radius 3 is 2.78 bits per heavy atom. The van der Waals surface area contributed by atoms with E-state index in [-0.39, 0.29) is 23.5 Å². The minimum absolute atomic E-state index is 0.0840. The van der Waals surface area contributed by atoms with E-state index in [0.29, 0.717) is 17.7 Å². The van der Waals surface area contributed by atoms with Crippen molar-refractivity contribution in [2.24, 2.45) is 11.7 Å². The molecule has 0 radical (unpaired) electrons. The van der Waals surface area contributed by atoms with E-state index in [2.05, 4.69) is 10.2 Å². The molecule has 6 heteroatoms. The number of carbonyl (C=O) groups is 1. The fourth-order valence-corrected chi connectivity index (χ4v) is 5.09. The number of piperidine rings is 1. The van der Waals surface area contributed by atoms with Crippen LogP contribution in [-0.2, 0) is 4.79 Å². The van der Waals surface area contributed by atoms with Gasteiger partial charge in [0.1, 0.15) is 0 Å². The second-order valence-electron chi connectivity index (χ2n) is 8.04. The van der Waals surface area contributed by atoms with Gasteiger partial charge in [0, 0.05) is 29.9 Å². The molecular formula is C17H33N3O2S. The average molecular weight is 344 g/mol. The summed E-state index contributed by atoms with van der Waals surface area (Å²) >= 11 is 2.00. The number of nitrogens with one attached hydrogen (secondary N) is 1. The Hall–Kier alpha value is -0.300. The zero-order valence-electron chi connectivity index (χ0n) is 14.9. The molecule has 4 N–H and O–H groups in total. The maximum atomic E-state index is 12.8. The van der Waals surface area contributed by atoms with Gasteiger partial charge in [-0.25, -0.2) is 0 Å². The van der Waals surface area contributed by atoms with Crippen molar-refractivity contribution in [3.8, 4) is 0 Å². The van der Waals surface area contributed by atoms with Gasteiger partial charge >= 0.3 is 0 Å². The Balaban J connectivity index is 2.08. The molecule has 2 aliphatic heterocycles. The Morgan fingerprint density at radius 1 is 1.48 bits per heavy atom. The first kappa shape index (κ1) is 19.0. The normalized spacial score (nSPS) is 31.5. The number of amides is 1. The van der Waals surface area contributed by atoms with Gasteiger partial charge in [-0.1, -0.05) is 6.92 Å². The number of aliphatic hydroxyl groups is 1. The van der Waals surface area contributed by atoms with Gasteiger partial charge in [0.2, 0.25) is 5.91 Å². The molecule has 0 aromatic carbocycles. The highest BCUT2D eigenvalue weighted by molar-refractivity contribution is 8.00. The van der Waals surface area contributed by atoms with Gasteiger partial charge in [0.25, 0.3) is 0 Å². The highest BCUT2D eigenvalue weighted by Gasteiger charge is 2.42. The molecule has 5 atom stereocenters. The maximum absolute atomic E-state index is 12.8. The van der Waals surface area contributed by atoms with E-state index < -0.39 is 6.10 Å². The van der Waals surface area contributed by atoms with Gasteiger partial charge in [-0.2, -0.15) is 11.8 Å². The molecular weight excluding hydrogens is 310 g/mol. The monoisotopic (exact) mass is 343 g/mol. The first-order chi connectivity index (χ1) is 10.7. The van der Waals surface area contributed by atoms with Gasteiger partial charge in [-0.3, -0.25) is 9.69 Å². The molecule has 0 aromatic heterocycles. The fourth-order valence-electron chi connectivity index (χ4n) is 3.53. The standard InChI is InChI=1S/C17H33N3O2S/c1-5-12(18)14(21)10-20-9-11-6-7-23-15(11)8-13(20)16(22)19-17(2,3)4/h11-15,21H,5-10,18H2,1-4H3,(H,19,22)/t11-,12?,13+,14?,15+/m1/s1. The molecule has 2 heterocycles. The van der Waals surface area contributed by atoms with E-state index in [1.165, 1.54) is 12.2 Å². The summed E-state index contributed by atoms with van der Waals surface area (Å²) in [6.07, 6.45) is 2.27. The van der Waals surface area contributed by atoms with Gasteiger partial charge in [-0.05, 0) is 51.7 Å². The number of carbonyl (C=O) groups excluding carboxylic acids is 1. The third-order valence-electron chi connectivity index (χ3n) is 4.90. The summed E-state index contributed by atoms with van der Waals surface area (Å²) in [5, 5.41) is 14.0. The second-order valence-corrected chi connectivity index (χ2v) is 9.39. The molecule has 0 bridgehead atoms. The van der Waals surface area contributed by atoms with E-state index in [4.69, 9.17) is 5.73 Å². The summed E-state index contributed by atoms with van der Waals surface area (Å²) in [4.78, 5) is 14.9. The van der Waals surface area contributed by atoms with Crippen molar-refractivity contribution in [2.75, 3.05) is 18.8 Å². The summed E-state index contributed by atoms with van der Waals surface area (Å²) in [5.41, 5.74) is 5.75. The molecule has 2 fully saturated rings. The second kappa shape index (κ2) is 7.72. The molecule has 2 aliphatic rings. The lowest BCUT2D eigenvalue weighted by Crippen LogP contribution is -2.59. The molecule has 2 rings (SSSR count). The van der Waals surface area contributed by atoms with Crippen LogP contribution >= 0.6 is 11.8 Å². The van der Waals surface area contributed by atoms with Crippen LogP contribution in [0.1, 0.15) is 47.0 Å². The quantitative estimate of drug-likeness (QED) is 0.699. The van der Waals surface area contributed by atoms with Crippen LogP contribution in [0.4, 0.5) is 0 Å². The molecule has 2 saturated heterocycles. The van der Waals surface area contributed by atoms with Gasteiger partial charge < -0.3 is 16.2 Å². The third kappa shape index (κ3) is 5.08. The highest BCUT2D eigenvalue weighted by Crippen LogP contribution is 2.40. The van der Waals surface area contributed by atoms with Crippen molar-refractivity contribution >= 4 is 17.7 Å². The number of nitrogens with zero attached hydrogens (tertiary/aromatic N) is 1. The fraction of sp³-hybridized carbons (Fsp3) is 0.941. The minimum atomic E-state index is -0.574. The van der Waals surface area contributed by atoms with Crippen LogP contribution in [0, 0.1) is 5.92 Å². The molecule has 0 aromatic rings. The lowest BCUT2D eigenvalue weighted by atomic mass is 9.89. The smallest absolute Gasteiger partial charge is 0.237 e. The van der Waals surface area contributed by atoms with E-state index in [9.17, 15) is 9.90 Å². The van der Waals surface area contributed by atoms with Crippen molar-refractivity contribution in [2.45, 2.75) is 75.9 Å². The van der Waals surface area contributed by atoms with Crippen LogP contribution in [0.2, 0.25) is 0 Å². The van der Waals surface area contributed by atoms with E-state index >= 15 is 0 Å². The molecule has 23 heavy (non-hydrogen) atoms. The highest BCUT2D eigenvalue weighted by atomic mass is 32.2. The van der Waals surface area contributed by atoms with Crippen LogP contribution < -0.4 is 11.1 Å². The zero-order valence-corrected chi connectivity index (χ0v) is 15.7. The van der Waals surface area contributed by atoms with Crippen molar-refractivity contribution in [1.29, 1.82) is 0 Å². The van der Waals surface area contributed by atoms with Crippen LogP contribution in [0.25, 0.3) is 0 Å². The average Bonchev–Trinajstić information content (AvgIpc) is 2.90. The summed E-state index contributed by atoms with van der Waals surface area (Å²) in [5.74, 6) is 1.91. The van der Waals surface area contributed by atoms with Gasteiger partial charge in [-0.15, -0.1) is 0 Å². The van der Waals surface area contributed by atoms with Crippen LogP contribution in [-0.4, -0.2) is 63.7 Å². The lowest BCUT2D eigenvalue weighted by molar-refractivity contribution is -0.130. The predicted octanol–water partition coefficient (Wildman–Crippen LogP) is 1.20. The number of fused-ring (bicyclic) bond motifs is 1. The number of β-amino-alcohol motifs (C(OH)–C–C–N with tert-alkyl or cyclic N) is 1. The topological polar surface area (TPSA) is 78.6 Å². The molecule has 134 valence electrons. The van der Waals surface area contributed by atoms with E-state index in [1.54, 1.807) is 0 Å². The lowest BCUT2D eigenvalue weighted by Gasteiger charge is -2.42. The molecule has 5 nitrogen and oxygen atoms in total. The van der Waals surface area contributed by atoms with E-state index in [0.717, 1.165) is 19.4 Å². The number of likely N-dealkylation sites (tertiary alicyclic amines) is 1. The predicted molar refractivity (Wildman–Crippen MR) is 96.5 cm³/mol. The maximum Gasteiger partial charge on any atom is 0.237 e. The number of nitrogens with two attached hydrogens (primary N) is 1. The molecule has 0 aliphatic carbocycles. The Morgan fingerprint density at radius 2 is 2.17 bits per heavy atom. The first-order valence-corrected chi connectivity index (χ1v) is 9.87. The summed E-state index contributed by atoms with van der Waals surface area (Å²) in [7, 11) is 0. The SMILES string of the molecule is CCC(N)C(O)CN1C[C@H]2CCS[C@H]2C[C@H]1C(=O)NC(C)(C)C. The summed E-state index contributed by atoms with van der Waals surface area (Å²) in [6.45, 7) is 9.39. The first-order valence-electron chi connectivity index (χ1n) is 8.82. The number of rotatable bonds is 5. The number of aliphatic hydroxyl groups excluding tert-OH is 1. The third-order valence-corrected chi connectivity index (χ3v) is 6.38. The Bertz CT molecular complexity index is 413. The van der Waals surface area contributed by atoms with Crippen LogP contribution in [0.3, 0.4) is 0 Å². The van der Waals surface area contributed by atoms with Gasteiger partial charge in [0.15, 0.2) is 0 Å². The van der Waals surface area contributed by atoms with Crippen LogP contribution in [0.15, 0.2) is 0 Å².